The zero-order valence-electron chi connectivity index (χ0n) is 12.6. The van der Waals surface area contributed by atoms with E-state index >= 15 is 0 Å². The molecule has 2 aromatic carbocycles. The van der Waals surface area contributed by atoms with Gasteiger partial charge in [-0.25, -0.2) is 0 Å². The number of methoxy groups -OCH3 is 1. The standard InChI is InChI=1S/C18H23NO2/c1-14(20)11-18(16-8-4-3-5-9-16)19-13-15-7-6-10-17(12-15)21-2/h3-10,12,14,18-20H,11,13H2,1-2H3. The average molecular weight is 285 g/mol. The van der Waals surface area contributed by atoms with E-state index in [2.05, 4.69) is 23.5 Å². The van der Waals surface area contributed by atoms with E-state index in [1.54, 1.807) is 7.11 Å². The highest BCUT2D eigenvalue weighted by molar-refractivity contribution is 5.28. The number of ether oxygens (including phenoxy) is 1. The molecule has 2 aromatic rings. The molecule has 3 nitrogen and oxygen atoms in total. The number of aliphatic hydroxyl groups excluding tert-OH is 1. The van der Waals surface area contributed by atoms with Gasteiger partial charge in [0.25, 0.3) is 0 Å². The summed E-state index contributed by atoms with van der Waals surface area (Å²) in [4.78, 5) is 0. The van der Waals surface area contributed by atoms with Crippen LogP contribution >= 0.6 is 0 Å². The largest absolute Gasteiger partial charge is 0.497 e. The van der Waals surface area contributed by atoms with E-state index in [0.29, 0.717) is 6.42 Å². The van der Waals surface area contributed by atoms with Crippen molar-refractivity contribution in [1.82, 2.24) is 5.32 Å². The second kappa shape index (κ2) is 7.81. The molecule has 2 N–H and O–H groups in total. The fourth-order valence-corrected chi connectivity index (χ4v) is 2.39. The van der Waals surface area contributed by atoms with Crippen LogP contribution in [0, 0.1) is 0 Å². The van der Waals surface area contributed by atoms with Gasteiger partial charge < -0.3 is 15.2 Å². The SMILES string of the molecule is COc1cccc(CNC(CC(C)O)c2ccccc2)c1. The fourth-order valence-electron chi connectivity index (χ4n) is 2.39. The molecule has 3 heteroatoms. The van der Waals surface area contributed by atoms with Crippen LogP contribution in [0.25, 0.3) is 0 Å². The maximum absolute atomic E-state index is 9.70. The summed E-state index contributed by atoms with van der Waals surface area (Å²) in [5.74, 6) is 0.862. The zero-order chi connectivity index (χ0) is 15.1. The Morgan fingerprint density at radius 2 is 1.86 bits per heavy atom. The van der Waals surface area contributed by atoms with Crippen LogP contribution in [0.5, 0.6) is 5.75 Å². The van der Waals surface area contributed by atoms with Crippen molar-refractivity contribution in [3.8, 4) is 5.75 Å². The number of benzene rings is 2. The maximum atomic E-state index is 9.70. The third kappa shape index (κ3) is 4.88. The van der Waals surface area contributed by atoms with Crippen LogP contribution in [-0.4, -0.2) is 18.3 Å². The Morgan fingerprint density at radius 1 is 1.10 bits per heavy atom. The highest BCUT2D eigenvalue weighted by Crippen LogP contribution is 2.20. The van der Waals surface area contributed by atoms with E-state index in [0.717, 1.165) is 12.3 Å². The van der Waals surface area contributed by atoms with Gasteiger partial charge in [-0.3, -0.25) is 0 Å². The first-order valence-electron chi connectivity index (χ1n) is 7.28. The molecule has 0 aliphatic heterocycles. The van der Waals surface area contributed by atoms with E-state index in [-0.39, 0.29) is 12.1 Å². The molecular formula is C18H23NO2. The van der Waals surface area contributed by atoms with Gasteiger partial charge in [0.2, 0.25) is 0 Å². The zero-order valence-corrected chi connectivity index (χ0v) is 12.6. The number of hydrogen-bond acceptors (Lipinski definition) is 3. The predicted octanol–water partition coefficient (Wildman–Crippen LogP) is 3.30. The van der Waals surface area contributed by atoms with Crippen LogP contribution in [0.3, 0.4) is 0 Å². The van der Waals surface area contributed by atoms with Crippen molar-refractivity contribution in [3.63, 3.8) is 0 Å². The third-order valence-electron chi connectivity index (χ3n) is 3.47. The molecule has 0 bridgehead atoms. The topological polar surface area (TPSA) is 41.5 Å². The lowest BCUT2D eigenvalue weighted by Crippen LogP contribution is -2.24. The number of rotatable bonds is 7. The average Bonchev–Trinajstić information content (AvgIpc) is 2.52. The first-order valence-corrected chi connectivity index (χ1v) is 7.28. The van der Waals surface area contributed by atoms with Gasteiger partial charge >= 0.3 is 0 Å². The van der Waals surface area contributed by atoms with Gasteiger partial charge in [-0.05, 0) is 36.6 Å². The lowest BCUT2D eigenvalue weighted by Gasteiger charge is -2.21. The van der Waals surface area contributed by atoms with Crippen LogP contribution in [0.2, 0.25) is 0 Å². The van der Waals surface area contributed by atoms with Crippen LogP contribution in [0.15, 0.2) is 54.6 Å². The molecule has 0 fully saturated rings. The Labute approximate surface area is 126 Å². The summed E-state index contributed by atoms with van der Waals surface area (Å²) in [5.41, 5.74) is 2.36. The molecule has 2 rings (SSSR count). The molecule has 2 unspecified atom stereocenters. The fraction of sp³-hybridized carbons (Fsp3) is 0.333. The molecule has 0 aromatic heterocycles. The summed E-state index contributed by atoms with van der Waals surface area (Å²) >= 11 is 0. The molecule has 0 saturated heterocycles. The molecular weight excluding hydrogens is 262 g/mol. The van der Waals surface area contributed by atoms with E-state index < -0.39 is 0 Å². The minimum absolute atomic E-state index is 0.136. The molecule has 2 atom stereocenters. The number of hydrogen-bond donors (Lipinski definition) is 2. The molecule has 0 heterocycles. The highest BCUT2D eigenvalue weighted by atomic mass is 16.5. The van der Waals surface area contributed by atoms with Gasteiger partial charge in [-0.15, -0.1) is 0 Å². The van der Waals surface area contributed by atoms with Crippen molar-refractivity contribution >= 4 is 0 Å². The van der Waals surface area contributed by atoms with Crippen LogP contribution < -0.4 is 10.1 Å². The Balaban J connectivity index is 2.05. The smallest absolute Gasteiger partial charge is 0.119 e. The van der Waals surface area contributed by atoms with Crippen LogP contribution in [0.4, 0.5) is 0 Å². The molecule has 21 heavy (non-hydrogen) atoms. The molecule has 0 amide bonds. The van der Waals surface area contributed by atoms with Crippen molar-refractivity contribution in [2.45, 2.75) is 32.0 Å². The van der Waals surface area contributed by atoms with Crippen molar-refractivity contribution in [2.75, 3.05) is 7.11 Å². The summed E-state index contributed by atoms with van der Waals surface area (Å²) in [6.07, 6.45) is 0.349. The first-order chi connectivity index (χ1) is 10.2. The van der Waals surface area contributed by atoms with Crippen LogP contribution in [0.1, 0.15) is 30.5 Å². The quantitative estimate of drug-likeness (QED) is 0.820. The Bertz CT molecular complexity index is 540. The minimum atomic E-state index is -0.340. The van der Waals surface area contributed by atoms with Gasteiger partial charge in [0, 0.05) is 12.6 Å². The van der Waals surface area contributed by atoms with Crippen molar-refractivity contribution in [1.29, 1.82) is 0 Å². The summed E-state index contributed by atoms with van der Waals surface area (Å²) in [6, 6.07) is 18.4. The normalized spacial score (nSPS) is 13.7. The molecule has 0 radical (unpaired) electrons. The lowest BCUT2D eigenvalue weighted by atomic mass is 10.0. The number of aliphatic hydroxyl groups is 1. The minimum Gasteiger partial charge on any atom is -0.497 e. The maximum Gasteiger partial charge on any atom is 0.119 e. The summed E-state index contributed by atoms with van der Waals surface area (Å²) < 4.78 is 5.24. The first kappa shape index (κ1) is 15.5. The van der Waals surface area contributed by atoms with Gasteiger partial charge in [-0.2, -0.15) is 0 Å². The van der Waals surface area contributed by atoms with E-state index in [1.807, 2.05) is 43.3 Å². The van der Waals surface area contributed by atoms with Crippen LogP contribution in [-0.2, 0) is 6.54 Å². The molecule has 0 saturated carbocycles. The highest BCUT2D eigenvalue weighted by Gasteiger charge is 2.13. The molecule has 0 aliphatic rings. The van der Waals surface area contributed by atoms with Gasteiger partial charge in [0.15, 0.2) is 0 Å². The summed E-state index contributed by atoms with van der Waals surface area (Å²) in [6.45, 7) is 2.56. The van der Waals surface area contributed by atoms with E-state index in [1.165, 1.54) is 11.1 Å². The predicted molar refractivity (Wildman–Crippen MR) is 85.3 cm³/mol. The van der Waals surface area contributed by atoms with Crippen molar-refractivity contribution < 1.29 is 9.84 Å². The van der Waals surface area contributed by atoms with Crippen molar-refractivity contribution in [3.05, 3.63) is 65.7 Å². The monoisotopic (exact) mass is 285 g/mol. The van der Waals surface area contributed by atoms with E-state index in [4.69, 9.17) is 4.74 Å². The van der Waals surface area contributed by atoms with Gasteiger partial charge in [-0.1, -0.05) is 42.5 Å². The molecule has 0 spiro atoms. The molecule has 0 aliphatic carbocycles. The van der Waals surface area contributed by atoms with Gasteiger partial charge in [0.1, 0.15) is 5.75 Å². The molecule has 112 valence electrons. The third-order valence-corrected chi connectivity index (χ3v) is 3.47. The van der Waals surface area contributed by atoms with Crippen molar-refractivity contribution in [2.24, 2.45) is 0 Å². The van der Waals surface area contributed by atoms with E-state index in [9.17, 15) is 5.11 Å². The number of nitrogens with one attached hydrogen (secondary N) is 1. The second-order valence-electron chi connectivity index (χ2n) is 5.28. The Kier molecular flexibility index (Phi) is 5.78. The summed E-state index contributed by atoms with van der Waals surface area (Å²) in [7, 11) is 1.67. The second-order valence-corrected chi connectivity index (χ2v) is 5.28. The Morgan fingerprint density at radius 3 is 2.52 bits per heavy atom. The Hall–Kier alpha value is -1.84. The van der Waals surface area contributed by atoms with Gasteiger partial charge in [0.05, 0.1) is 13.2 Å². The lowest BCUT2D eigenvalue weighted by molar-refractivity contribution is 0.167. The summed E-state index contributed by atoms with van der Waals surface area (Å²) in [5, 5.41) is 13.2.